The molecule has 0 spiro atoms. The number of nitrogens with zero attached hydrogens (tertiary/aromatic N) is 3. The van der Waals surface area contributed by atoms with Crippen molar-refractivity contribution in [3.05, 3.63) is 84.4 Å². The Morgan fingerprint density at radius 1 is 0.667 bits per heavy atom. The summed E-state index contributed by atoms with van der Waals surface area (Å²) in [5.74, 6) is 0.545. The SMILES string of the molecule is CC(C)c1ccc(N2CN3c4ccc5ccccc5c4N(C)c4cccc2c43)cc1. The van der Waals surface area contributed by atoms with E-state index in [0.717, 1.165) is 6.67 Å². The van der Waals surface area contributed by atoms with Crippen LogP contribution in [0.25, 0.3) is 10.8 Å². The van der Waals surface area contributed by atoms with Crippen molar-refractivity contribution in [1.82, 2.24) is 0 Å². The largest absolute Gasteiger partial charge is 0.341 e. The molecule has 0 aromatic heterocycles. The molecule has 0 saturated carbocycles. The third-order valence-corrected chi connectivity index (χ3v) is 6.58. The maximum atomic E-state index is 2.47. The van der Waals surface area contributed by atoms with Crippen molar-refractivity contribution in [2.75, 3.05) is 28.4 Å². The van der Waals surface area contributed by atoms with Gasteiger partial charge in [0.15, 0.2) is 0 Å². The van der Waals surface area contributed by atoms with E-state index in [2.05, 4.69) is 114 Å². The Kier molecular flexibility index (Phi) is 3.64. The van der Waals surface area contributed by atoms with E-state index in [4.69, 9.17) is 0 Å². The van der Waals surface area contributed by atoms with Crippen LogP contribution >= 0.6 is 0 Å². The number of fused-ring (bicyclic) bond motifs is 4. The second kappa shape index (κ2) is 6.27. The summed E-state index contributed by atoms with van der Waals surface area (Å²) in [6.07, 6.45) is 0. The van der Waals surface area contributed by atoms with Crippen LogP contribution in [0.5, 0.6) is 0 Å². The van der Waals surface area contributed by atoms with Gasteiger partial charge in [0, 0.05) is 18.1 Å². The summed E-state index contributed by atoms with van der Waals surface area (Å²) in [6, 6.07) is 28.9. The van der Waals surface area contributed by atoms with Crippen LogP contribution < -0.4 is 14.7 Å². The van der Waals surface area contributed by atoms with Crippen molar-refractivity contribution in [1.29, 1.82) is 0 Å². The highest BCUT2D eigenvalue weighted by atomic mass is 15.4. The van der Waals surface area contributed by atoms with Crippen LogP contribution in [0.3, 0.4) is 0 Å². The predicted octanol–water partition coefficient (Wildman–Crippen LogP) is 7.29. The van der Waals surface area contributed by atoms with Gasteiger partial charge in [-0.1, -0.05) is 62.4 Å². The molecule has 0 atom stereocenters. The summed E-state index contributed by atoms with van der Waals surface area (Å²) < 4.78 is 0. The van der Waals surface area contributed by atoms with Gasteiger partial charge < -0.3 is 14.7 Å². The van der Waals surface area contributed by atoms with E-state index in [1.165, 1.54) is 50.5 Å². The summed E-state index contributed by atoms with van der Waals surface area (Å²) >= 11 is 0. The van der Waals surface area contributed by atoms with Crippen LogP contribution in [0, 0.1) is 0 Å². The number of hydrogen-bond acceptors (Lipinski definition) is 3. The van der Waals surface area contributed by atoms with Crippen LogP contribution in [-0.2, 0) is 0 Å². The average Bonchev–Trinajstić information content (AvgIpc) is 3.17. The molecular formula is C27H25N3. The molecule has 2 aliphatic heterocycles. The van der Waals surface area contributed by atoms with Gasteiger partial charge in [-0.05, 0) is 47.2 Å². The van der Waals surface area contributed by atoms with Crippen molar-refractivity contribution in [2.45, 2.75) is 19.8 Å². The zero-order valence-corrected chi connectivity index (χ0v) is 17.6. The Hall–Kier alpha value is -3.46. The fourth-order valence-corrected chi connectivity index (χ4v) is 4.96. The van der Waals surface area contributed by atoms with Crippen LogP contribution in [0.1, 0.15) is 25.3 Å². The Labute approximate surface area is 177 Å². The van der Waals surface area contributed by atoms with Crippen LogP contribution in [-0.4, -0.2) is 13.7 Å². The van der Waals surface area contributed by atoms with Crippen LogP contribution in [0.4, 0.5) is 34.1 Å². The van der Waals surface area contributed by atoms with Gasteiger partial charge >= 0.3 is 0 Å². The maximum Gasteiger partial charge on any atom is 0.100 e. The van der Waals surface area contributed by atoms with Gasteiger partial charge in [0.1, 0.15) is 6.67 Å². The molecule has 2 aliphatic rings. The molecule has 0 fully saturated rings. The first-order valence-electron chi connectivity index (χ1n) is 10.7. The Balaban J connectivity index is 1.53. The number of hydrogen-bond donors (Lipinski definition) is 0. The molecule has 3 heteroatoms. The van der Waals surface area contributed by atoms with E-state index in [0.29, 0.717) is 5.92 Å². The van der Waals surface area contributed by atoms with Crippen molar-refractivity contribution in [3.63, 3.8) is 0 Å². The normalized spacial score (nSPS) is 14.5. The molecule has 30 heavy (non-hydrogen) atoms. The molecule has 0 amide bonds. The summed E-state index contributed by atoms with van der Waals surface area (Å²) in [5.41, 5.74) is 9.02. The minimum Gasteiger partial charge on any atom is -0.341 e. The van der Waals surface area contributed by atoms with Gasteiger partial charge in [0.25, 0.3) is 0 Å². The number of para-hydroxylation sites is 1. The number of rotatable bonds is 2. The molecule has 4 aromatic carbocycles. The molecule has 0 bridgehead atoms. The lowest BCUT2D eigenvalue weighted by molar-refractivity contribution is 0.866. The minimum absolute atomic E-state index is 0.545. The van der Waals surface area contributed by atoms with E-state index in [9.17, 15) is 0 Å². The van der Waals surface area contributed by atoms with Crippen molar-refractivity contribution >= 4 is 44.9 Å². The summed E-state index contributed by atoms with van der Waals surface area (Å²) in [4.78, 5) is 7.27. The van der Waals surface area contributed by atoms with Gasteiger partial charge in [0.2, 0.25) is 0 Å². The Morgan fingerprint density at radius 3 is 2.20 bits per heavy atom. The molecule has 0 unspecified atom stereocenters. The average molecular weight is 392 g/mol. The first-order chi connectivity index (χ1) is 14.6. The van der Waals surface area contributed by atoms with E-state index < -0.39 is 0 Å². The third kappa shape index (κ3) is 2.32. The molecule has 0 N–H and O–H groups in total. The second-order valence-electron chi connectivity index (χ2n) is 8.60. The van der Waals surface area contributed by atoms with Gasteiger partial charge in [-0.2, -0.15) is 0 Å². The van der Waals surface area contributed by atoms with Gasteiger partial charge in [-0.3, -0.25) is 0 Å². The molecule has 6 rings (SSSR count). The molecule has 0 saturated heterocycles. The zero-order chi connectivity index (χ0) is 20.4. The standard InChI is InChI=1S/C27H25N3/c1-18(2)19-11-14-21(15-12-19)29-17-30-25-16-13-20-7-4-5-8-22(20)26(25)28(3)23-9-6-10-24(29)27(23)30/h4-16,18H,17H2,1-3H3. The molecule has 148 valence electrons. The second-order valence-corrected chi connectivity index (χ2v) is 8.60. The molecule has 3 nitrogen and oxygen atoms in total. The van der Waals surface area contributed by atoms with E-state index >= 15 is 0 Å². The molecular weight excluding hydrogens is 366 g/mol. The number of anilines is 6. The summed E-state index contributed by atoms with van der Waals surface area (Å²) in [5, 5.41) is 2.58. The zero-order valence-electron chi connectivity index (χ0n) is 17.6. The first kappa shape index (κ1) is 17.4. The fraction of sp³-hybridized carbons (Fsp3) is 0.185. The summed E-state index contributed by atoms with van der Waals surface area (Å²) in [6.45, 7) is 5.31. The summed E-state index contributed by atoms with van der Waals surface area (Å²) in [7, 11) is 2.19. The smallest absolute Gasteiger partial charge is 0.100 e. The molecule has 4 aromatic rings. The minimum atomic E-state index is 0.545. The quantitative estimate of drug-likeness (QED) is 0.355. The fourth-order valence-electron chi connectivity index (χ4n) is 4.96. The highest BCUT2D eigenvalue weighted by molar-refractivity contribution is 6.10. The lowest BCUT2D eigenvalue weighted by Gasteiger charge is -2.36. The first-order valence-corrected chi connectivity index (χ1v) is 10.7. The van der Waals surface area contributed by atoms with Gasteiger partial charge in [-0.25, -0.2) is 0 Å². The monoisotopic (exact) mass is 391 g/mol. The topological polar surface area (TPSA) is 9.72 Å². The third-order valence-electron chi connectivity index (χ3n) is 6.58. The molecule has 0 aliphatic carbocycles. The maximum absolute atomic E-state index is 2.47. The lowest BCUT2D eigenvalue weighted by Crippen LogP contribution is -2.28. The lowest BCUT2D eigenvalue weighted by atomic mass is 10.0. The Bertz CT molecular complexity index is 1270. The molecule has 2 heterocycles. The highest BCUT2D eigenvalue weighted by Crippen LogP contribution is 2.57. The number of benzene rings is 4. The van der Waals surface area contributed by atoms with Gasteiger partial charge in [-0.15, -0.1) is 0 Å². The van der Waals surface area contributed by atoms with E-state index in [1.807, 2.05) is 0 Å². The molecule has 0 radical (unpaired) electrons. The van der Waals surface area contributed by atoms with Crippen LogP contribution in [0.2, 0.25) is 0 Å². The van der Waals surface area contributed by atoms with Crippen molar-refractivity contribution in [2.24, 2.45) is 0 Å². The predicted molar refractivity (Wildman–Crippen MR) is 128 cm³/mol. The van der Waals surface area contributed by atoms with Crippen LogP contribution in [0.15, 0.2) is 78.9 Å². The van der Waals surface area contributed by atoms with Crippen molar-refractivity contribution < 1.29 is 0 Å². The van der Waals surface area contributed by atoms with Gasteiger partial charge in [0.05, 0.1) is 28.4 Å². The Morgan fingerprint density at radius 2 is 1.40 bits per heavy atom. The van der Waals surface area contributed by atoms with E-state index in [1.54, 1.807) is 0 Å². The van der Waals surface area contributed by atoms with Crippen molar-refractivity contribution in [3.8, 4) is 0 Å². The highest BCUT2D eigenvalue weighted by Gasteiger charge is 2.37. The van der Waals surface area contributed by atoms with E-state index in [-0.39, 0.29) is 0 Å².